The van der Waals surface area contributed by atoms with Gasteiger partial charge in [0.05, 0.1) is 12.1 Å². The first kappa shape index (κ1) is 14.7. The molecular formula is C10H20N2O4. The minimum atomic E-state index is -0.937. The molecule has 0 aliphatic heterocycles. The van der Waals surface area contributed by atoms with E-state index >= 15 is 0 Å². The number of carboxylic acid groups (broad SMARTS) is 1. The Balaban J connectivity index is 3.76. The van der Waals surface area contributed by atoms with Crippen LogP contribution in [0.1, 0.15) is 26.7 Å². The normalized spacial score (nSPS) is 11.0. The Hall–Kier alpha value is -1.30. The molecule has 0 aromatic carbocycles. The van der Waals surface area contributed by atoms with Crippen molar-refractivity contribution >= 4 is 12.0 Å². The molecule has 0 atom stereocenters. The molecule has 0 spiro atoms. The summed E-state index contributed by atoms with van der Waals surface area (Å²) >= 11 is 0. The number of carboxylic acids is 1. The van der Waals surface area contributed by atoms with Crippen molar-refractivity contribution in [2.45, 2.75) is 32.3 Å². The molecule has 6 nitrogen and oxygen atoms in total. The minimum Gasteiger partial charge on any atom is -0.481 e. The molecule has 0 aliphatic carbocycles. The monoisotopic (exact) mass is 232 g/mol. The van der Waals surface area contributed by atoms with E-state index in [1.165, 1.54) is 4.90 Å². The van der Waals surface area contributed by atoms with Crippen molar-refractivity contribution in [2.24, 2.45) is 0 Å². The highest BCUT2D eigenvalue weighted by Crippen LogP contribution is 2.02. The van der Waals surface area contributed by atoms with Gasteiger partial charge in [-0.1, -0.05) is 0 Å². The van der Waals surface area contributed by atoms with Gasteiger partial charge in [0.15, 0.2) is 0 Å². The Morgan fingerprint density at radius 1 is 1.38 bits per heavy atom. The first-order valence-electron chi connectivity index (χ1n) is 5.15. The molecule has 3 N–H and O–H groups in total. The van der Waals surface area contributed by atoms with Crippen molar-refractivity contribution in [3.8, 4) is 0 Å². The van der Waals surface area contributed by atoms with E-state index in [2.05, 4.69) is 5.32 Å². The Bertz CT molecular complexity index is 248. The average Bonchev–Trinajstić information content (AvgIpc) is 2.08. The quantitative estimate of drug-likeness (QED) is 0.573. The number of likely N-dealkylation sites (N-methyl/N-ethyl adjacent to an activating group) is 1. The predicted octanol–water partition coefficient (Wildman–Crippen LogP) is 0.263. The van der Waals surface area contributed by atoms with E-state index in [4.69, 9.17) is 5.11 Å². The van der Waals surface area contributed by atoms with Crippen molar-refractivity contribution in [1.29, 1.82) is 0 Å². The largest absolute Gasteiger partial charge is 0.481 e. The first-order valence-corrected chi connectivity index (χ1v) is 5.15. The lowest BCUT2D eigenvalue weighted by Crippen LogP contribution is -2.44. The summed E-state index contributed by atoms with van der Waals surface area (Å²) in [5.74, 6) is -0.876. The van der Waals surface area contributed by atoms with Gasteiger partial charge < -0.3 is 20.4 Å². The molecule has 0 aliphatic rings. The maximum atomic E-state index is 11.4. The van der Waals surface area contributed by atoms with Gasteiger partial charge in [0.2, 0.25) is 0 Å². The maximum absolute atomic E-state index is 11.4. The topological polar surface area (TPSA) is 89.9 Å². The lowest BCUT2D eigenvalue weighted by atomic mass is 10.1. The second-order valence-corrected chi connectivity index (χ2v) is 4.40. The third kappa shape index (κ3) is 8.05. The molecule has 2 amide bonds. The van der Waals surface area contributed by atoms with Crippen LogP contribution in [0.25, 0.3) is 0 Å². The molecule has 0 unspecified atom stereocenters. The number of carbonyl (C=O) groups is 2. The fourth-order valence-electron chi connectivity index (χ4n) is 1.22. The molecule has 0 heterocycles. The Kier molecular flexibility index (Phi) is 5.81. The predicted molar refractivity (Wildman–Crippen MR) is 59.2 cm³/mol. The van der Waals surface area contributed by atoms with Gasteiger partial charge in [-0.2, -0.15) is 0 Å². The average molecular weight is 232 g/mol. The summed E-state index contributed by atoms with van der Waals surface area (Å²) in [6.45, 7) is 3.77. The maximum Gasteiger partial charge on any atom is 0.317 e. The minimum absolute atomic E-state index is 0.0372. The second-order valence-electron chi connectivity index (χ2n) is 4.40. The number of nitrogens with zero attached hydrogens (tertiary/aromatic N) is 1. The highest BCUT2D eigenvalue weighted by atomic mass is 16.4. The second kappa shape index (κ2) is 6.32. The van der Waals surface area contributed by atoms with Crippen LogP contribution < -0.4 is 5.32 Å². The third-order valence-corrected chi connectivity index (χ3v) is 1.81. The third-order valence-electron chi connectivity index (χ3n) is 1.81. The van der Waals surface area contributed by atoms with Crippen molar-refractivity contribution in [3.05, 3.63) is 0 Å². The van der Waals surface area contributed by atoms with Crippen LogP contribution in [0.4, 0.5) is 4.79 Å². The fraction of sp³-hybridized carbons (Fsp3) is 0.800. The molecule has 16 heavy (non-hydrogen) atoms. The number of aliphatic hydroxyl groups is 1. The van der Waals surface area contributed by atoms with E-state index in [0.29, 0.717) is 13.0 Å². The Labute approximate surface area is 95.2 Å². The van der Waals surface area contributed by atoms with Crippen molar-refractivity contribution in [3.63, 3.8) is 0 Å². The number of carbonyl (C=O) groups excluding carboxylic acids is 1. The lowest BCUT2D eigenvalue weighted by Gasteiger charge is -2.25. The van der Waals surface area contributed by atoms with Crippen LogP contribution in [-0.4, -0.2) is 52.9 Å². The van der Waals surface area contributed by atoms with Crippen LogP contribution in [0.5, 0.6) is 0 Å². The van der Waals surface area contributed by atoms with Crippen LogP contribution in [0.2, 0.25) is 0 Å². The van der Waals surface area contributed by atoms with E-state index in [1.54, 1.807) is 20.9 Å². The van der Waals surface area contributed by atoms with Gasteiger partial charge in [-0.05, 0) is 20.3 Å². The van der Waals surface area contributed by atoms with Gasteiger partial charge in [-0.3, -0.25) is 4.79 Å². The zero-order valence-electron chi connectivity index (χ0n) is 9.99. The van der Waals surface area contributed by atoms with E-state index in [9.17, 15) is 14.7 Å². The van der Waals surface area contributed by atoms with Crippen LogP contribution in [0.15, 0.2) is 0 Å². The molecule has 0 radical (unpaired) electrons. The summed E-state index contributed by atoms with van der Waals surface area (Å²) in [6, 6.07) is -0.312. The molecular weight excluding hydrogens is 212 g/mol. The summed E-state index contributed by atoms with van der Waals surface area (Å²) in [4.78, 5) is 23.0. The van der Waals surface area contributed by atoms with E-state index in [0.717, 1.165) is 0 Å². The van der Waals surface area contributed by atoms with Crippen molar-refractivity contribution in [2.75, 3.05) is 20.1 Å². The van der Waals surface area contributed by atoms with Crippen LogP contribution in [0, 0.1) is 0 Å². The number of hydrogen-bond acceptors (Lipinski definition) is 3. The highest BCUT2D eigenvalue weighted by Gasteiger charge is 2.18. The van der Waals surface area contributed by atoms with Crippen LogP contribution >= 0.6 is 0 Å². The fourth-order valence-corrected chi connectivity index (χ4v) is 1.22. The van der Waals surface area contributed by atoms with E-state index < -0.39 is 11.6 Å². The van der Waals surface area contributed by atoms with E-state index in [-0.39, 0.29) is 19.0 Å². The molecule has 94 valence electrons. The van der Waals surface area contributed by atoms with Crippen molar-refractivity contribution in [1.82, 2.24) is 10.2 Å². The molecule has 0 aromatic rings. The number of amides is 2. The molecule has 0 bridgehead atoms. The van der Waals surface area contributed by atoms with E-state index in [1.807, 2.05) is 0 Å². The van der Waals surface area contributed by atoms with Gasteiger partial charge in [-0.15, -0.1) is 0 Å². The molecule has 0 saturated heterocycles. The number of urea groups is 1. The van der Waals surface area contributed by atoms with Gasteiger partial charge in [0, 0.05) is 20.0 Å². The standard InChI is InChI=1S/C10H20N2O4/c1-10(2,16)7-12(3)9(15)11-6-4-5-8(13)14/h16H,4-7H2,1-3H3,(H,11,15)(H,13,14). The van der Waals surface area contributed by atoms with Gasteiger partial charge >= 0.3 is 12.0 Å². The zero-order chi connectivity index (χ0) is 12.8. The molecule has 0 rings (SSSR count). The van der Waals surface area contributed by atoms with Crippen molar-refractivity contribution < 1.29 is 19.8 Å². The molecule has 0 saturated carbocycles. The van der Waals surface area contributed by atoms with Gasteiger partial charge in [0.25, 0.3) is 0 Å². The van der Waals surface area contributed by atoms with Gasteiger partial charge in [-0.25, -0.2) is 4.79 Å². The van der Waals surface area contributed by atoms with Crippen LogP contribution in [0.3, 0.4) is 0 Å². The van der Waals surface area contributed by atoms with Crippen LogP contribution in [-0.2, 0) is 4.79 Å². The Morgan fingerprint density at radius 2 is 1.94 bits per heavy atom. The number of rotatable bonds is 6. The number of aliphatic carboxylic acids is 1. The number of hydrogen-bond donors (Lipinski definition) is 3. The summed E-state index contributed by atoms with van der Waals surface area (Å²) in [6.07, 6.45) is 0.437. The number of nitrogens with one attached hydrogen (secondary N) is 1. The summed E-state index contributed by atoms with van der Waals surface area (Å²) < 4.78 is 0. The summed E-state index contributed by atoms with van der Waals surface area (Å²) in [5.41, 5.74) is -0.937. The lowest BCUT2D eigenvalue weighted by molar-refractivity contribution is -0.137. The smallest absolute Gasteiger partial charge is 0.317 e. The molecule has 0 fully saturated rings. The first-order chi connectivity index (χ1) is 7.22. The molecule has 0 aromatic heterocycles. The Morgan fingerprint density at radius 3 is 2.38 bits per heavy atom. The zero-order valence-corrected chi connectivity index (χ0v) is 9.99. The summed E-state index contributed by atoms with van der Waals surface area (Å²) in [5, 5.41) is 20.4. The molecule has 6 heteroatoms. The highest BCUT2D eigenvalue weighted by molar-refractivity contribution is 5.74. The summed E-state index contributed by atoms with van der Waals surface area (Å²) in [7, 11) is 1.57. The van der Waals surface area contributed by atoms with Gasteiger partial charge in [0.1, 0.15) is 0 Å². The SMILES string of the molecule is CN(CC(C)(C)O)C(=O)NCCCC(=O)O.